The summed E-state index contributed by atoms with van der Waals surface area (Å²) in [5.74, 6) is -0.217. The summed E-state index contributed by atoms with van der Waals surface area (Å²) in [5, 5.41) is 4.49. The van der Waals surface area contributed by atoms with Gasteiger partial charge in [-0.1, -0.05) is 24.3 Å². The Labute approximate surface area is 247 Å². The van der Waals surface area contributed by atoms with Gasteiger partial charge in [0.05, 0.1) is 17.5 Å². The van der Waals surface area contributed by atoms with Crippen molar-refractivity contribution >= 4 is 11.4 Å². The van der Waals surface area contributed by atoms with Crippen molar-refractivity contribution in [1.82, 2.24) is 24.4 Å². The molecule has 1 saturated heterocycles. The third-order valence-corrected chi connectivity index (χ3v) is 9.59. The highest BCUT2D eigenvalue weighted by molar-refractivity contribution is 5.98. The summed E-state index contributed by atoms with van der Waals surface area (Å²) < 4.78 is 67.1. The zero-order valence-electron chi connectivity index (χ0n) is 26.4. The van der Waals surface area contributed by atoms with E-state index in [1.165, 1.54) is 11.0 Å². The summed E-state index contributed by atoms with van der Waals surface area (Å²) in [6.45, 7) is 1.17. The maximum Gasteiger partial charge on any atom is 0.416 e. The fourth-order valence-corrected chi connectivity index (χ4v) is 7.47. The molecule has 8 rings (SSSR count). The van der Waals surface area contributed by atoms with Crippen LogP contribution >= 0.6 is 0 Å². The molecule has 0 unspecified atom stereocenters. The van der Waals surface area contributed by atoms with Gasteiger partial charge in [-0.25, -0.2) is 9.50 Å². The van der Waals surface area contributed by atoms with E-state index in [2.05, 4.69) is 10.1 Å². The summed E-state index contributed by atoms with van der Waals surface area (Å²) in [7, 11) is 0. The van der Waals surface area contributed by atoms with Crippen molar-refractivity contribution in [2.24, 2.45) is 0 Å². The molecule has 1 aliphatic heterocycles. The molecule has 4 aromatic rings. The van der Waals surface area contributed by atoms with Crippen molar-refractivity contribution in [2.75, 3.05) is 33.2 Å². The van der Waals surface area contributed by atoms with Crippen LogP contribution in [0.1, 0.15) is 67.2 Å². The van der Waals surface area contributed by atoms with E-state index in [9.17, 15) is 18.0 Å². The molecule has 2 aromatic carbocycles. The first-order valence-corrected chi connectivity index (χ1v) is 14.4. The van der Waals surface area contributed by atoms with Crippen LogP contribution in [0.3, 0.4) is 0 Å². The summed E-state index contributed by atoms with van der Waals surface area (Å²) in [5.41, 5.74) is 4.40. The number of benzene rings is 2. The molecule has 0 atom stereocenters. The summed E-state index contributed by atoms with van der Waals surface area (Å²) in [4.78, 5) is 21.2. The summed E-state index contributed by atoms with van der Waals surface area (Å²) >= 11 is 0. The minimum absolute atomic E-state index is 0.0145. The molecule has 0 radical (unpaired) electrons. The summed E-state index contributed by atoms with van der Waals surface area (Å²) in [6.07, 6.45) is 1.81. The van der Waals surface area contributed by atoms with E-state index < -0.39 is 18.7 Å². The van der Waals surface area contributed by atoms with E-state index in [1.807, 2.05) is 46.8 Å². The van der Waals surface area contributed by atoms with Gasteiger partial charge in [-0.15, -0.1) is 0 Å². The molecule has 42 heavy (non-hydrogen) atoms. The molecule has 9 heteroatoms. The van der Waals surface area contributed by atoms with E-state index in [0.29, 0.717) is 24.2 Å². The van der Waals surface area contributed by atoms with Crippen molar-refractivity contribution in [3.05, 3.63) is 100.0 Å². The zero-order chi connectivity index (χ0) is 31.8. The van der Waals surface area contributed by atoms with Crippen molar-refractivity contribution in [3.63, 3.8) is 0 Å². The number of imidazole rings is 1. The smallest absolute Gasteiger partial charge is 0.304 e. The SMILES string of the molecule is [2H]C([2H])([2H])N1CCN(Cc2ccc(CC(=O)c3ccc(C)c(C45CC(c6cnc7cccnn67)(C4)C5)c3)cc2C(F)(F)F)CC1. The Morgan fingerprint density at radius 2 is 1.81 bits per heavy atom. The van der Waals surface area contributed by atoms with Crippen LogP contribution < -0.4 is 0 Å². The van der Waals surface area contributed by atoms with Gasteiger partial charge in [-0.05, 0) is 85.1 Å². The number of nitrogens with zero attached hydrogens (tertiary/aromatic N) is 5. The number of aryl methyl sites for hydroxylation is 1. The van der Waals surface area contributed by atoms with Crippen LogP contribution in [0.4, 0.5) is 13.2 Å². The van der Waals surface area contributed by atoms with Crippen molar-refractivity contribution < 1.29 is 22.1 Å². The van der Waals surface area contributed by atoms with E-state index in [1.54, 1.807) is 18.3 Å². The minimum Gasteiger partial charge on any atom is -0.304 e. The first-order chi connectivity index (χ1) is 21.3. The lowest BCUT2D eigenvalue weighted by molar-refractivity contribution is -0.138. The second-order valence-corrected chi connectivity index (χ2v) is 12.4. The normalized spacial score (nSPS) is 25.8. The molecular formula is C33H34F3N5O. The number of hydrogen-bond donors (Lipinski definition) is 0. The largest absolute Gasteiger partial charge is 0.416 e. The van der Waals surface area contributed by atoms with Gasteiger partial charge in [-0.2, -0.15) is 18.3 Å². The Kier molecular flexibility index (Phi) is 5.55. The van der Waals surface area contributed by atoms with Gasteiger partial charge in [0.2, 0.25) is 0 Å². The van der Waals surface area contributed by atoms with E-state index in [-0.39, 0.29) is 48.2 Å². The van der Waals surface area contributed by atoms with E-state index >= 15 is 0 Å². The van der Waals surface area contributed by atoms with Gasteiger partial charge < -0.3 is 4.90 Å². The average molecular weight is 577 g/mol. The monoisotopic (exact) mass is 576 g/mol. The number of likely N-dealkylation sites (N-methyl/N-ethyl adjacent to an activating group) is 1. The number of alkyl halides is 3. The van der Waals surface area contributed by atoms with Gasteiger partial charge in [0, 0.05) is 60.4 Å². The number of carbonyl (C=O) groups is 1. The van der Waals surface area contributed by atoms with E-state index in [0.717, 1.165) is 47.8 Å². The van der Waals surface area contributed by atoms with Crippen molar-refractivity contribution in [1.29, 1.82) is 0 Å². The number of rotatable bonds is 7. The fraction of sp³-hybridized carbons (Fsp3) is 0.424. The van der Waals surface area contributed by atoms with Crippen molar-refractivity contribution in [2.45, 2.75) is 56.2 Å². The number of aromatic nitrogens is 3. The Bertz CT molecular complexity index is 1770. The van der Waals surface area contributed by atoms with Gasteiger partial charge in [0.25, 0.3) is 0 Å². The molecule has 0 N–H and O–H groups in total. The first-order valence-electron chi connectivity index (χ1n) is 15.9. The fourth-order valence-electron chi connectivity index (χ4n) is 7.47. The third kappa shape index (κ3) is 4.54. The number of fused-ring (bicyclic) bond motifs is 1. The second kappa shape index (κ2) is 9.74. The number of carbonyl (C=O) groups excluding carboxylic acids is 1. The molecule has 0 spiro atoms. The highest BCUT2D eigenvalue weighted by Gasteiger charge is 2.70. The molecule has 4 aliphatic rings. The standard InChI is InChI=1S/C33H34F3N5O/c1-22-5-7-24(16-26(22)31-19-32(20-31,21-31)29-17-37-30-4-3-9-38-41(29)30)28(42)15-23-6-8-25(27(14-23)33(34,35)36)18-40-12-10-39(2)11-13-40/h3-9,14,16-17H,10-13,15,18-21H2,1-2H3/i2D3. The average Bonchev–Trinajstić information content (AvgIpc) is 3.37. The molecule has 3 saturated carbocycles. The maximum atomic E-state index is 14.2. The Hall–Kier alpha value is -3.56. The third-order valence-electron chi connectivity index (χ3n) is 9.59. The number of halogens is 3. The van der Waals surface area contributed by atoms with Crippen LogP contribution in [0.2, 0.25) is 0 Å². The topological polar surface area (TPSA) is 53.7 Å². The molecule has 3 aliphatic carbocycles. The minimum atomic E-state index is -4.58. The highest BCUT2D eigenvalue weighted by atomic mass is 19.4. The molecule has 6 nitrogen and oxygen atoms in total. The van der Waals surface area contributed by atoms with Crippen LogP contribution in [-0.4, -0.2) is 63.3 Å². The van der Waals surface area contributed by atoms with Gasteiger partial charge >= 0.3 is 6.18 Å². The molecule has 4 fully saturated rings. The second-order valence-electron chi connectivity index (χ2n) is 12.4. The highest BCUT2D eigenvalue weighted by Crippen LogP contribution is 2.74. The van der Waals surface area contributed by atoms with Gasteiger partial charge in [0.1, 0.15) is 0 Å². The molecular weight excluding hydrogens is 539 g/mol. The predicted molar refractivity (Wildman–Crippen MR) is 154 cm³/mol. The van der Waals surface area contributed by atoms with Crippen LogP contribution in [0, 0.1) is 6.92 Å². The molecule has 218 valence electrons. The zero-order valence-corrected chi connectivity index (χ0v) is 23.4. The number of ketones is 1. The molecule has 2 aromatic heterocycles. The molecule has 2 bridgehead atoms. The van der Waals surface area contributed by atoms with Crippen LogP contribution in [0.5, 0.6) is 0 Å². The quantitative estimate of drug-likeness (QED) is 0.268. The predicted octanol–water partition coefficient (Wildman–Crippen LogP) is 5.60. The molecule has 0 amide bonds. The van der Waals surface area contributed by atoms with Crippen molar-refractivity contribution in [3.8, 4) is 0 Å². The lowest BCUT2D eigenvalue weighted by atomic mass is 9.32. The van der Waals surface area contributed by atoms with Gasteiger partial charge in [-0.3, -0.25) is 9.69 Å². The lowest BCUT2D eigenvalue weighted by Crippen LogP contribution is -2.67. The van der Waals surface area contributed by atoms with Crippen LogP contribution in [-0.2, 0) is 30.0 Å². The summed E-state index contributed by atoms with van der Waals surface area (Å²) in [6, 6.07) is 13.6. The van der Waals surface area contributed by atoms with E-state index in [4.69, 9.17) is 4.11 Å². The van der Waals surface area contributed by atoms with Crippen LogP contribution in [0.15, 0.2) is 60.9 Å². The Balaban J connectivity index is 1.05. The number of piperazine rings is 1. The maximum absolute atomic E-state index is 14.2. The van der Waals surface area contributed by atoms with Crippen LogP contribution in [0.25, 0.3) is 5.65 Å². The lowest BCUT2D eigenvalue weighted by Gasteiger charge is -2.71. The Morgan fingerprint density at radius 3 is 2.55 bits per heavy atom. The number of Topliss-reactive ketones (excluding diaryl/α,β-unsaturated/α-hetero) is 1. The number of hydrogen-bond acceptors (Lipinski definition) is 5. The van der Waals surface area contributed by atoms with Gasteiger partial charge in [0.15, 0.2) is 11.4 Å². The first kappa shape index (κ1) is 23.9. The molecule has 3 heterocycles. The Morgan fingerprint density at radius 1 is 1.02 bits per heavy atom.